The molecule has 1 aliphatic rings. The van der Waals surface area contributed by atoms with Crippen LogP contribution in [0.25, 0.3) is 11.4 Å². The van der Waals surface area contributed by atoms with Crippen molar-refractivity contribution < 1.29 is 31.9 Å². The molecule has 0 fully saturated rings. The molecule has 11 heteroatoms. The highest BCUT2D eigenvalue weighted by molar-refractivity contribution is 7.91. The molecule has 1 aromatic heterocycles. The minimum atomic E-state index is -3.46. The summed E-state index contributed by atoms with van der Waals surface area (Å²) in [5.41, 5.74) is 0.976. The number of amides is 1. The molecule has 0 spiro atoms. The van der Waals surface area contributed by atoms with Crippen LogP contribution in [-0.4, -0.2) is 51.0 Å². The Morgan fingerprint density at radius 2 is 1.88 bits per heavy atom. The van der Waals surface area contributed by atoms with Crippen molar-refractivity contribution in [3.05, 3.63) is 42.3 Å². The van der Waals surface area contributed by atoms with Crippen molar-refractivity contribution in [3.8, 4) is 28.6 Å². The van der Waals surface area contributed by atoms with Crippen LogP contribution < -0.4 is 19.1 Å². The van der Waals surface area contributed by atoms with Crippen LogP contribution in [0, 0.1) is 0 Å². The van der Waals surface area contributed by atoms with E-state index in [1.807, 2.05) is 0 Å². The van der Waals surface area contributed by atoms with Gasteiger partial charge in [-0.05, 0) is 36.4 Å². The maximum absolute atomic E-state index is 12.6. The third-order valence-corrected chi connectivity index (χ3v) is 6.75. The SMILES string of the molecule is CCS(=O)(=O)c1ccc2c(c1)N(Cc1nc(-c3ccc(OC)c(OC)c3)no1)C(=O)CO2. The Morgan fingerprint density at radius 1 is 1.09 bits per heavy atom. The van der Waals surface area contributed by atoms with Gasteiger partial charge in [0.05, 0.1) is 30.6 Å². The summed E-state index contributed by atoms with van der Waals surface area (Å²) in [6, 6.07) is 9.63. The number of aromatic nitrogens is 2. The van der Waals surface area contributed by atoms with Crippen molar-refractivity contribution in [1.29, 1.82) is 0 Å². The highest BCUT2D eigenvalue weighted by atomic mass is 32.2. The fourth-order valence-corrected chi connectivity index (χ4v) is 4.16. The summed E-state index contributed by atoms with van der Waals surface area (Å²) in [5.74, 6) is 1.56. The molecule has 2 aromatic carbocycles. The van der Waals surface area contributed by atoms with E-state index >= 15 is 0 Å². The molecule has 3 aromatic rings. The predicted molar refractivity (Wildman–Crippen MR) is 114 cm³/mol. The molecule has 0 saturated carbocycles. The standard InChI is InChI=1S/C21H21N3O7S/c1-4-32(26,27)14-6-8-16-15(10-14)24(20(25)12-30-16)11-19-22-21(23-31-19)13-5-7-17(28-2)18(9-13)29-3/h5-10H,4,11-12H2,1-3H3. The van der Waals surface area contributed by atoms with Crippen LogP contribution in [0.3, 0.4) is 0 Å². The maximum Gasteiger partial charge on any atom is 0.265 e. The second-order valence-corrected chi connectivity index (χ2v) is 9.16. The quantitative estimate of drug-likeness (QED) is 0.524. The summed E-state index contributed by atoms with van der Waals surface area (Å²) in [7, 11) is -0.391. The highest BCUT2D eigenvalue weighted by Crippen LogP contribution is 2.36. The average Bonchev–Trinajstić information content (AvgIpc) is 3.28. The van der Waals surface area contributed by atoms with Gasteiger partial charge in [-0.2, -0.15) is 4.98 Å². The Labute approximate surface area is 184 Å². The van der Waals surface area contributed by atoms with Crippen LogP contribution in [0.15, 0.2) is 45.8 Å². The lowest BCUT2D eigenvalue weighted by Gasteiger charge is -2.28. The maximum atomic E-state index is 12.6. The normalized spacial score (nSPS) is 13.5. The summed E-state index contributed by atoms with van der Waals surface area (Å²) in [6.45, 7) is 1.34. The van der Waals surface area contributed by atoms with Gasteiger partial charge < -0.3 is 18.7 Å². The molecule has 168 valence electrons. The third-order valence-electron chi connectivity index (χ3n) is 5.02. The van der Waals surface area contributed by atoms with E-state index < -0.39 is 9.84 Å². The predicted octanol–water partition coefficient (Wildman–Crippen LogP) is 2.47. The van der Waals surface area contributed by atoms with Gasteiger partial charge in [0.1, 0.15) is 12.3 Å². The van der Waals surface area contributed by atoms with E-state index in [0.29, 0.717) is 34.3 Å². The number of ether oxygens (including phenoxy) is 3. The smallest absolute Gasteiger partial charge is 0.265 e. The number of carbonyl (C=O) groups is 1. The zero-order valence-corrected chi connectivity index (χ0v) is 18.5. The molecule has 0 aliphatic carbocycles. The number of nitrogens with zero attached hydrogens (tertiary/aromatic N) is 3. The van der Waals surface area contributed by atoms with Crippen molar-refractivity contribution in [3.63, 3.8) is 0 Å². The first-order chi connectivity index (χ1) is 15.4. The first kappa shape index (κ1) is 21.6. The van der Waals surface area contributed by atoms with Crippen LogP contribution in [0.2, 0.25) is 0 Å². The lowest BCUT2D eigenvalue weighted by Crippen LogP contribution is -2.38. The zero-order valence-electron chi connectivity index (χ0n) is 17.7. The molecule has 10 nitrogen and oxygen atoms in total. The molecule has 1 amide bonds. The summed E-state index contributed by atoms with van der Waals surface area (Å²) in [6.07, 6.45) is 0. The molecule has 0 N–H and O–H groups in total. The number of methoxy groups -OCH3 is 2. The molecule has 0 saturated heterocycles. The summed E-state index contributed by atoms with van der Waals surface area (Å²) in [5, 5.41) is 3.99. The first-order valence-corrected chi connectivity index (χ1v) is 11.4. The van der Waals surface area contributed by atoms with Crippen LogP contribution in [0.1, 0.15) is 12.8 Å². The molecule has 0 atom stereocenters. The Bertz CT molecular complexity index is 1270. The molecule has 0 unspecified atom stereocenters. The largest absolute Gasteiger partial charge is 0.493 e. The number of carbonyl (C=O) groups excluding carboxylic acids is 1. The number of rotatable bonds is 7. The summed E-state index contributed by atoms with van der Waals surface area (Å²) >= 11 is 0. The van der Waals surface area contributed by atoms with Gasteiger partial charge in [0, 0.05) is 5.56 Å². The minimum absolute atomic E-state index is 0.0366. The molecule has 32 heavy (non-hydrogen) atoms. The van der Waals surface area contributed by atoms with Gasteiger partial charge in [-0.1, -0.05) is 12.1 Å². The summed E-state index contributed by atoms with van der Waals surface area (Å²) in [4.78, 5) is 18.4. The Morgan fingerprint density at radius 3 is 2.59 bits per heavy atom. The van der Waals surface area contributed by atoms with Gasteiger partial charge in [0.15, 0.2) is 27.9 Å². The van der Waals surface area contributed by atoms with E-state index in [2.05, 4.69) is 10.1 Å². The van der Waals surface area contributed by atoms with Gasteiger partial charge in [-0.15, -0.1) is 0 Å². The van der Waals surface area contributed by atoms with Gasteiger partial charge in [0.25, 0.3) is 5.91 Å². The molecular weight excluding hydrogens is 438 g/mol. The van der Waals surface area contributed by atoms with E-state index in [1.165, 1.54) is 24.1 Å². The van der Waals surface area contributed by atoms with Crippen molar-refractivity contribution >= 4 is 21.4 Å². The Kier molecular flexibility index (Phi) is 5.74. The van der Waals surface area contributed by atoms with E-state index in [0.717, 1.165) is 0 Å². The Hall–Kier alpha value is -3.60. The van der Waals surface area contributed by atoms with Gasteiger partial charge in [-0.3, -0.25) is 9.69 Å². The minimum Gasteiger partial charge on any atom is -0.493 e. The second kappa shape index (κ2) is 8.50. The molecule has 1 aliphatic heterocycles. The molecular formula is C21H21N3O7S. The van der Waals surface area contributed by atoms with Crippen LogP contribution >= 0.6 is 0 Å². The van der Waals surface area contributed by atoms with Gasteiger partial charge in [-0.25, -0.2) is 8.42 Å². The van der Waals surface area contributed by atoms with Crippen molar-refractivity contribution in [2.45, 2.75) is 18.4 Å². The molecule has 0 bridgehead atoms. The fourth-order valence-electron chi connectivity index (χ4n) is 3.26. The number of benzene rings is 2. The van der Waals surface area contributed by atoms with Crippen molar-refractivity contribution in [2.24, 2.45) is 0 Å². The highest BCUT2D eigenvalue weighted by Gasteiger charge is 2.29. The van der Waals surface area contributed by atoms with Gasteiger partial charge in [0.2, 0.25) is 11.7 Å². The number of hydrogen-bond donors (Lipinski definition) is 0. The number of anilines is 1. The first-order valence-electron chi connectivity index (χ1n) is 9.71. The topological polar surface area (TPSA) is 121 Å². The number of fused-ring (bicyclic) bond motifs is 1. The van der Waals surface area contributed by atoms with Crippen molar-refractivity contribution in [2.75, 3.05) is 31.5 Å². The number of sulfone groups is 1. The van der Waals surface area contributed by atoms with E-state index in [1.54, 1.807) is 38.3 Å². The van der Waals surface area contributed by atoms with Gasteiger partial charge >= 0.3 is 0 Å². The lowest BCUT2D eigenvalue weighted by atomic mass is 10.2. The molecule has 4 rings (SSSR count). The fraction of sp³-hybridized carbons (Fsp3) is 0.286. The molecule has 2 heterocycles. The van der Waals surface area contributed by atoms with E-state index in [4.69, 9.17) is 18.7 Å². The summed E-state index contributed by atoms with van der Waals surface area (Å²) < 4.78 is 45.9. The Balaban J connectivity index is 1.64. The van der Waals surface area contributed by atoms with E-state index in [-0.39, 0.29) is 35.6 Å². The monoisotopic (exact) mass is 459 g/mol. The zero-order chi connectivity index (χ0) is 22.9. The van der Waals surface area contributed by atoms with E-state index in [9.17, 15) is 13.2 Å². The number of hydrogen-bond acceptors (Lipinski definition) is 9. The second-order valence-electron chi connectivity index (χ2n) is 6.88. The average molecular weight is 459 g/mol. The van der Waals surface area contributed by atoms with Crippen LogP contribution in [-0.2, 0) is 21.2 Å². The lowest BCUT2D eigenvalue weighted by molar-refractivity contribution is -0.121. The van der Waals surface area contributed by atoms with Crippen LogP contribution in [0.5, 0.6) is 17.2 Å². The van der Waals surface area contributed by atoms with Crippen LogP contribution in [0.4, 0.5) is 5.69 Å². The van der Waals surface area contributed by atoms with Crippen molar-refractivity contribution in [1.82, 2.24) is 10.1 Å². The third kappa shape index (κ3) is 3.98. The molecule has 0 radical (unpaired) electrons.